The molecule has 26 heavy (non-hydrogen) atoms. The van der Waals surface area contributed by atoms with E-state index in [1.54, 1.807) is 25.3 Å². The van der Waals surface area contributed by atoms with Crippen LogP contribution in [0.4, 0.5) is 10.5 Å². The minimum absolute atomic E-state index is 0.132. The monoisotopic (exact) mass is 381 g/mol. The van der Waals surface area contributed by atoms with Crippen molar-refractivity contribution in [2.45, 2.75) is 45.2 Å². The first-order chi connectivity index (χ1) is 12.2. The van der Waals surface area contributed by atoms with Crippen LogP contribution in [0, 0.1) is 5.41 Å². The maximum Gasteiger partial charge on any atom is 0.322 e. The maximum absolute atomic E-state index is 12.8. The van der Waals surface area contributed by atoms with Gasteiger partial charge < -0.3 is 15.0 Å². The summed E-state index contributed by atoms with van der Waals surface area (Å²) in [6, 6.07) is 5.34. The lowest BCUT2D eigenvalue weighted by Gasteiger charge is -2.37. The lowest BCUT2D eigenvalue weighted by Crippen LogP contribution is -2.40. The molecule has 1 aliphatic carbocycles. The van der Waals surface area contributed by atoms with Gasteiger partial charge in [-0.25, -0.2) is 17.9 Å². The fraction of sp³-hybridized carbons (Fsp3) is 0.611. The quantitative estimate of drug-likeness (QED) is 0.820. The standard InChI is InChI=1S/C18H27N3O4S/c1-13-10-18(7-4-8-18)12-21(13)17(22)20-15-9-14(5-6-16(15)25-2)11-19-26(3,23)24/h5-6,9,13,19H,4,7-8,10-12H2,1-3H3,(H,20,22). The third kappa shape index (κ3) is 4.12. The molecule has 2 amide bonds. The number of amides is 2. The zero-order chi connectivity index (χ0) is 18.9. The fourth-order valence-corrected chi connectivity index (χ4v) is 4.42. The summed E-state index contributed by atoms with van der Waals surface area (Å²) in [5.74, 6) is 0.548. The van der Waals surface area contributed by atoms with Gasteiger partial charge in [-0.15, -0.1) is 0 Å². The highest BCUT2D eigenvalue weighted by Gasteiger charge is 2.47. The molecule has 3 rings (SSSR count). The number of rotatable bonds is 5. The third-order valence-corrected chi connectivity index (χ3v) is 6.15. The molecule has 1 unspecified atom stereocenters. The van der Waals surface area contributed by atoms with Crippen LogP contribution >= 0.6 is 0 Å². The topological polar surface area (TPSA) is 87.7 Å². The van der Waals surface area contributed by atoms with Crippen LogP contribution in [0.2, 0.25) is 0 Å². The van der Waals surface area contributed by atoms with E-state index >= 15 is 0 Å². The number of carbonyl (C=O) groups is 1. The predicted molar refractivity (Wildman–Crippen MR) is 101 cm³/mol. The molecular formula is C18H27N3O4S. The van der Waals surface area contributed by atoms with E-state index < -0.39 is 10.0 Å². The fourth-order valence-electron chi connectivity index (χ4n) is 3.99. The summed E-state index contributed by atoms with van der Waals surface area (Å²) >= 11 is 0. The first-order valence-corrected chi connectivity index (χ1v) is 10.8. The van der Waals surface area contributed by atoms with E-state index in [1.165, 1.54) is 19.3 Å². The first-order valence-electron chi connectivity index (χ1n) is 8.91. The largest absolute Gasteiger partial charge is 0.495 e. The number of hydrogen-bond acceptors (Lipinski definition) is 4. The Morgan fingerprint density at radius 1 is 1.38 bits per heavy atom. The van der Waals surface area contributed by atoms with Crippen molar-refractivity contribution in [2.24, 2.45) is 5.41 Å². The number of benzene rings is 1. The number of likely N-dealkylation sites (tertiary alicyclic amines) is 1. The van der Waals surface area contributed by atoms with E-state index in [1.807, 2.05) is 4.90 Å². The molecule has 0 radical (unpaired) electrons. The molecule has 0 aromatic heterocycles. The van der Waals surface area contributed by atoms with Gasteiger partial charge in [-0.1, -0.05) is 12.5 Å². The summed E-state index contributed by atoms with van der Waals surface area (Å²) < 4.78 is 30.4. The number of hydrogen-bond donors (Lipinski definition) is 2. The van der Waals surface area contributed by atoms with Crippen LogP contribution in [0.1, 0.15) is 38.2 Å². The van der Waals surface area contributed by atoms with Gasteiger partial charge in [-0.2, -0.15) is 0 Å². The van der Waals surface area contributed by atoms with Crippen LogP contribution in [0.3, 0.4) is 0 Å². The average molecular weight is 381 g/mol. The Balaban J connectivity index is 1.72. The van der Waals surface area contributed by atoms with Gasteiger partial charge in [0.25, 0.3) is 0 Å². The Morgan fingerprint density at radius 3 is 2.65 bits per heavy atom. The number of anilines is 1. The molecule has 1 aromatic rings. The first kappa shape index (κ1) is 19.0. The van der Waals surface area contributed by atoms with Crippen molar-refractivity contribution >= 4 is 21.7 Å². The zero-order valence-corrected chi connectivity index (χ0v) is 16.4. The number of methoxy groups -OCH3 is 1. The second-order valence-corrected chi connectivity index (χ2v) is 9.43. The summed E-state index contributed by atoms with van der Waals surface area (Å²) in [6.45, 7) is 3.06. The van der Waals surface area contributed by atoms with Gasteiger partial charge in [-0.3, -0.25) is 0 Å². The number of urea groups is 1. The molecule has 1 saturated heterocycles. The molecule has 2 aliphatic rings. The number of carbonyl (C=O) groups excluding carboxylic acids is 1. The number of sulfonamides is 1. The van der Waals surface area contributed by atoms with Crippen molar-refractivity contribution < 1.29 is 17.9 Å². The summed E-state index contributed by atoms with van der Waals surface area (Å²) in [7, 11) is -1.74. The second kappa shape index (κ2) is 7.08. The van der Waals surface area contributed by atoms with Gasteiger partial charge >= 0.3 is 6.03 Å². The molecule has 1 aliphatic heterocycles. The normalized spacial score (nSPS) is 21.5. The molecule has 1 heterocycles. The molecule has 2 fully saturated rings. The van der Waals surface area contributed by atoms with Gasteiger partial charge in [0.15, 0.2) is 0 Å². The second-order valence-electron chi connectivity index (χ2n) is 7.59. The van der Waals surface area contributed by atoms with Crippen LogP contribution in [-0.2, 0) is 16.6 Å². The highest BCUT2D eigenvalue weighted by atomic mass is 32.2. The van der Waals surface area contributed by atoms with Crippen molar-refractivity contribution in [3.05, 3.63) is 23.8 Å². The van der Waals surface area contributed by atoms with E-state index in [0.717, 1.165) is 24.8 Å². The van der Waals surface area contributed by atoms with Crippen molar-refractivity contribution in [3.8, 4) is 5.75 Å². The Morgan fingerprint density at radius 2 is 2.12 bits per heavy atom. The van der Waals surface area contributed by atoms with E-state index in [9.17, 15) is 13.2 Å². The van der Waals surface area contributed by atoms with E-state index in [0.29, 0.717) is 16.9 Å². The van der Waals surface area contributed by atoms with Crippen LogP contribution in [0.5, 0.6) is 5.75 Å². The Labute approximate surface area is 155 Å². The summed E-state index contributed by atoms with van der Waals surface area (Å²) in [6.07, 6.45) is 5.85. The van der Waals surface area contributed by atoms with E-state index in [4.69, 9.17) is 4.74 Å². The minimum Gasteiger partial charge on any atom is -0.495 e. The zero-order valence-electron chi connectivity index (χ0n) is 15.5. The lowest BCUT2D eigenvalue weighted by molar-refractivity contribution is 0.144. The SMILES string of the molecule is COc1ccc(CNS(C)(=O)=O)cc1NC(=O)N1CC2(CCC2)CC1C. The van der Waals surface area contributed by atoms with Crippen molar-refractivity contribution in [2.75, 3.05) is 25.2 Å². The Hall–Kier alpha value is -1.80. The number of nitrogens with one attached hydrogen (secondary N) is 2. The van der Waals surface area contributed by atoms with Crippen molar-refractivity contribution in [3.63, 3.8) is 0 Å². The molecule has 1 saturated carbocycles. The number of ether oxygens (including phenoxy) is 1. The Bertz CT molecular complexity index is 790. The van der Waals surface area contributed by atoms with Gasteiger partial charge in [-0.05, 0) is 49.3 Å². The smallest absolute Gasteiger partial charge is 0.322 e. The molecule has 1 atom stereocenters. The molecule has 144 valence electrons. The number of nitrogens with zero attached hydrogens (tertiary/aromatic N) is 1. The molecular weight excluding hydrogens is 354 g/mol. The van der Waals surface area contributed by atoms with Crippen LogP contribution in [-0.4, -0.2) is 45.3 Å². The highest BCUT2D eigenvalue weighted by molar-refractivity contribution is 7.88. The molecule has 0 bridgehead atoms. The molecule has 8 heteroatoms. The third-order valence-electron chi connectivity index (χ3n) is 5.49. The minimum atomic E-state index is -3.28. The Kier molecular flexibility index (Phi) is 5.16. The van der Waals surface area contributed by atoms with Gasteiger partial charge in [0.05, 0.1) is 19.1 Å². The summed E-state index contributed by atoms with van der Waals surface area (Å²) in [5.41, 5.74) is 1.62. The molecule has 1 spiro atoms. The molecule has 2 N–H and O–H groups in total. The van der Waals surface area contributed by atoms with Crippen LogP contribution in [0.15, 0.2) is 18.2 Å². The van der Waals surface area contributed by atoms with Crippen molar-refractivity contribution in [1.82, 2.24) is 9.62 Å². The predicted octanol–water partition coefficient (Wildman–Crippen LogP) is 2.54. The average Bonchev–Trinajstić information content (AvgIpc) is 2.91. The highest BCUT2D eigenvalue weighted by Crippen LogP contribution is 2.50. The maximum atomic E-state index is 12.8. The van der Waals surface area contributed by atoms with Crippen LogP contribution < -0.4 is 14.8 Å². The summed E-state index contributed by atoms with van der Waals surface area (Å²) in [4.78, 5) is 14.7. The molecule has 1 aromatic carbocycles. The molecule has 7 nitrogen and oxygen atoms in total. The van der Waals surface area contributed by atoms with Gasteiger partial charge in [0, 0.05) is 19.1 Å². The van der Waals surface area contributed by atoms with E-state index in [-0.39, 0.29) is 18.6 Å². The van der Waals surface area contributed by atoms with E-state index in [2.05, 4.69) is 17.0 Å². The lowest BCUT2D eigenvalue weighted by atomic mass is 9.68. The van der Waals surface area contributed by atoms with Gasteiger partial charge in [0.1, 0.15) is 5.75 Å². The van der Waals surface area contributed by atoms with Crippen LogP contribution in [0.25, 0.3) is 0 Å². The summed E-state index contributed by atoms with van der Waals surface area (Å²) in [5, 5.41) is 2.94. The van der Waals surface area contributed by atoms with Crippen molar-refractivity contribution in [1.29, 1.82) is 0 Å². The van der Waals surface area contributed by atoms with Gasteiger partial charge in [0.2, 0.25) is 10.0 Å².